The van der Waals surface area contributed by atoms with Crippen molar-refractivity contribution in [3.63, 3.8) is 0 Å². The number of aryl methyl sites for hydroxylation is 2. The molecule has 2 rings (SSSR count). The van der Waals surface area contributed by atoms with Crippen LogP contribution in [0.5, 0.6) is 0 Å². The van der Waals surface area contributed by atoms with Gasteiger partial charge >= 0.3 is 0 Å². The van der Waals surface area contributed by atoms with Crippen molar-refractivity contribution in [2.75, 3.05) is 13.1 Å². The van der Waals surface area contributed by atoms with Crippen molar-refractivity contribution in [1.29, 1.82) is 0 Å². The van der Waals surface area contributed by atoms with Gasteiger partial charge in [0.15, 0.2) is 5.82 Å². The fourth-order valence-electron chi connectivity index (χ4n) is 2.57. The summed E-state index contributed by atoms with van der Waals surface area (Å²) in [6.07, 6.45) is 3.72. The molecular weight excluding hydrogens is 306 g/mol. The summed E-state index contributed by atoms with van der Waals surface area (Å²) in [6.45, 7) is 8.36. The van der Waals surface area contributed by atoms with E-state index in [1.807, 2.05) is 4.68 Å². The lowest BCUT2D eigenvalue weighted by molar-refractivity contribution is 0.462. The summed E-state index contributed by atoms with van der Waals surface area (Å²) in [6, 6.07) is 8.38. The van der Waals surface area contributed by atoms with Crippen LogP contribution in [0.2, 0.25) is 0 Å². The average molecular weight is 331 g/mol. The standard InChI is InChI=1S/C17H25N5S/c1-4-14-10-12-15(13-11-14)22-16(18-19-20-22)8-7-9-17(23)21(5-2)6-3/h10-13H,4-9H2,1-3H3. The van der Waals surface area contributed by atoms with Crippen LogP contribution in [0.4, 0.5) is 0 Å². The second kappa shape index (κ2) is 8.72. The highest BCUT2D eigenvalue weighted by Gasteiger charge is 2.10. The average Bonchev–Trinajstić information content (AvgIpc) is 3.04. The smallest absolute Gasteiger partial charge is 0.156 e. The van der Waals surface area contributed by atoms with Crippen molar-refractivity contribution in [1.82, 2.24) is 25.1 Å². The topological polar surface area (TPSA) is 46.8 Å². The molecule has 0 N–H and O–H groups in total. The van der Waals surface area contributed by atoms with Crippen LogP contribution < -0.4 is 0 Å². The first-order valence-electron chi connectivity index (χ1n) is 8.33. The number of tetrazole rings is 1. The van der Waals surface area contributed by atoms with Crippen molar-refractivity contribution in [3.05, 3.63) is 35.7 Å². The molecule has 0 saturated heterocycles. The minimum Gasteiger partial charge on any atom is -0.367 e. The molecule has 0 aliphatic carbocycles. The zero-order valence-corrected chi connectivity index (χ0v) is 15.0. The zero-order chi connectivity index (χ0) is 16.7. The van der Waals surface area contributed by atoms with Gasteiger partial charge in [0.05, 0.1) is 10.7 Å². The van der Waals surface area contributed by atoms with Gasteiger partial charge in [-0.25, -0.2) is 0 Å². The van der Waals surface area contributed by atoms with Crippen molar-refractivity contribution in [2.24, 2.45) is 0 Å². The highest BCUT2D eigenvalue weighted by atomic mass is 32.1. The maximum Gasteiger partial charge on any atom is 0.156 e. The van der Waals surface area contributed by atoms with E-state index in [9.17, 15) is 0 Å². The zero-order valence-electron chi connectivity index (χ0n) is 14.2. The third-order valence-corrected chi connectivity index (χ3v) is 4.49. The molecule has 1 aromatic carbocycles. The van der Waals surface area contributed by atoms with Crippen molar-refractivity contribution in [3.8, 4) is 5.69 Å². The number of thiocarbonyl (C=S) groups is 1. The summed E-state index contributed by atoms with van der Waals surface area (Å²) in [4.78, 5) is 3.25. The van der Waals surface area contributed by atoms with Crippen LogP contribution >= 0.6 is 12.2 Å². The van der Waals surface area contributed by atoms with E-state index < -0.39 is 0 Å². The van der Waals surface area contributed by atoms with Crippen LogP contribution in [-0.2, 0) is 12.8 Å². The number of rotatable bonds is 8. The molecule has 5 nitrogen and oxygen atoms in total. The predicted octanol–water partition coefficient (Wildman–Crippen LogP) is 3.22. The molecule has 23 heavy (non-hydrogen) atoms. The molecule has 0 atom stereocenters. The van der Waals surface area contributed by atoms with Crippen LogP contribution in [0, 0.1) is 0 Å². The summed E-state index contributed by atoms with van der Waals surface area (Å²) in [5.74, 6) is 0.886. The minimum atomic E-state index is 0.823. The highest BCUT2D eigenvalue weighted by molar-refractivity contribution is 7.80. The van der Waals surface area contributed by atoms with Gasteiger partial charge in [-0.3, -0.25) is 0 Å². The third kappa shape index (κ3) is 4.58. The second-order valence-electron chi connectivity index (χ2n) is 5.45. The Kier molecular flexibility index (Phi) is 6.65. The van der Waals surface area contributed by atoms with E-state index in [0.29, 0.717) is 0 Å². The van der Waals surface area contributed by atoms with Crippen LogP contribution in [-0.4, -0.2) is 43.2 Å². The third-order valence-electron chi connectivity index (χ3n) is 4.03. The first kappa shape index (κ1) is 17.5. The molecule has 0 bridgehead atoms. The molecule has 1 heterocycles. The molecule has 0 aliphatic rings. The van der Waals surface area contributed by atoms with Gasteiger partial charge in [0.25, 0.3) is 0 Å². The van der Waals surface area contributed by atoms with Gasteiger partial charge in [0, 0.05) is 19.5 Å². The summed E-state index contributed by atoms with van der Waals surface area (Å²) in [5, 5.41) is 12.1. The molecule has 2 aromatic rings. The molecule has 1 aromatic heterocycles. The van der Waals surface area contributed by atoms with Gasteiger partial charge in [-0.05, 0) is 61.2 Å². The van der Waals surface area contributed by atoms with Crippen molar-refractivity contribution < 1.29 is 0 Å². The number of aromatic nitrogens is 4. The number of hydrogen-bond donors (Lipinski definition) is 0. The van der Waals surface area contributed by atoms with E-state index in [2.05, 4.69) is 65.5 Å². The van der Waals surface area contributed by atoms with Crippen LogP contribution in [0.3, 0.4) is 0 Å². The van der Waals surface area contributed by atoms with E-state index in [-0.39, 0.29) is 0 Å². The summed E-state index contributed by atoms with van der Waals surface area (Å²) in [5.41, 5.74) is 2.32. The lowest BCUT2D eigenvalue weighted by Gasteiger charge is -2.21. The SMILES string of the molecule is CCc1ccc(-n2nnnc2CCCC(=S)N(CC)CC)cc1. The number of hydrogen-bond acceptors (Lipinski definition) is 4. The second-order valence-corrected chi connectivity index (χ2v) is 5.92. The monoisotopic (exact) mass is 331 g/mol. The first-order valence-corrected chi connectivity index (χ1v) is 8.74. The summed E-state index contributed by atoms with van der Waals surface area (Å²) in [7, 11) is 0. The Bertz CT molecular complexity index is 616. The Morgan fingerprint density at radius 3 is 2.43 bits per heavy atom. The lowest BCUT2D eigenvalue weighted by atomic mass is 10.1. The Labute approximate surface area is 143 Å². The molecule has 6 heteroatoms. The summed E-state index contributed by atoms with van der Waals surface area (Å²) < 4.78 is 1.82. The molecule has 0 fully saturated rings. The lowest BCUT2D eigenvalue weighted by Crippen LogP contribution is -2.28. The molecule has 0 amide bonds. The molecule has 0 saturated carbocycles. The van der Waals surface area contributed by atoms with Crippen LogP contribution in [0.1, 0.15) is 45.0 Å². The number of nitrogens with zero attached hydrogens (tertiary/aromatic N) is 5. The molecule has 0 unspecified atom stereocenters. The molecule has 124 valence electrons. The first-order chi connectivity index (χ1) is 11.2. The van der Waals surface area contributed by atoms with Crippen LogP contribution in [0.15, 0.2) is 24.3 Å². The van der Waals surface area contributed by atoms with Gasteiger partial charge in [0.2, 0.25) is 0 Å². The van der Waals surface area contributed by atoms with E-state index >= 15 is 0 Å². The Balaban J connectivity index is 1.97. The van der Waals surface area contributed by atoms with E-state index in [4.69, 9.17) is 12.2 Å². The number of benzene rings is 1. The van der Waals surface area contributed by atoms with Gasteiger partial charge in [-0.2, -0.15) is 4.68 Å². The van der Waals surface area contributed by atoms with E-state index in [1.54, 1.807) is 0 Å². The van der Waals surface area contributed by atoms with E-state index in [1.165, 1.54) is 5.56 Å². The highest BCUT2D eigenvalue weighted by Crippen LogP contribution is 2.12. The normalized spacial score (nSPS) is 10.7. The largest absolute Gasteiger partial charge is 0.367 e. The Morgan fingerprint density at radius 2 is 1.83 bits per heavy atom. The van der Waals surface area contributed by atoms with Crippen molar-refractivity contribution in [2.45, 2.75) is 46.5 Å². The molecular formula is C17H25N5S. The van der Waals surface area contributed by atoms with Gasteiger partial charge in [0.1, 0.15) is 0 Å². The predicted molar refractivity (Wildman–Crippen MR) is 97.0 cm³/mol. The van der Waals surface area contributed by atoms with Gasteiger partial charge in [-0.1, -0.05) is 31.3 Å². The Hall–Kier alpha value is -1.82. The quantitative estimate of drug-likeness (QED) is 0.695. The fraction of sp³-hybridized carbons (Fsp3) is 0.529. The maximum absolute atomic E-state index is 5.49. The van der Waals surface area contributed by atoms with Gasteiger partial charge in [-0.15, -0.1) is 5.10 Å². The van der Waals surface area contributed by atoms with E-state index in [0.717, 1.165) is 55.3 Å². The molecule has 0 aliphatic heterocycles. The maximum atomic E-state index is 5.49. The Morgan fingerprint density at radius 1 is 1.13 bits per heavy atom. The minimum absolute atomic E-state index is 0.823. The van der Waals surface area contributed by atoms with Crippen LogP contribution in [0.25, 0.3) is 5.69 Å². The molecule has 0 radical (unpaired) electrons. The summed E-state index contributed by atoms with van der Waals surface area (Å²) >= 11 is 5.49. The van der Waals surface area contributed by atoms with Gasteiger partial charge < -0.3 is 4.90 Å². The molecule has 0 spiro atoms. The van der Waals surface area contributed by atoms with Crippen molar-refractivity contribution >= 4 is 17.2 Å². The fourth-order valence-corrected chi connectivity index (χ4v) is 2.97.